The Kier molecular flexibility index (Phi) is 4.74. The molecule has 1 aromatic carbocycles. The van der Waals surface area contributed by atoms with E-state index in [1.807, 2.05) is 24.3 Å². The Bertz CT molecular complexity index is 566. The molecule has 0 spiro atoms. The second-order valence-corrected chi connectivity index (χ2v) is 5.28. The lowest BCUT2D eigenvalue weighted by Gasteiger charge is -2.00. The van der Waals surface area contributed by atoms with Gasteiger partial charge in [0.1, 0.15) is 0 Å². The van der Waals surface area contributed by atoms with Gasteiger partial charge in [0.25, 0.3) is 0 Å². The monoisotopic (exact) mass is 276 g/mol. The largest absolute Gasteiger partial charge is 0.338 e. The van der Waals surface area contributed by atoms with Crippen LogP contribution in [0.25, 0.3) is 0 Å². The number of carbonyl (C=O) groups is 1. The third-order valence-corrected chi connectivity index (χ3v) is 3.57. The predicted octanol–water partition coefficient (Wildman–Crippen LogP) is 3.52. The Morgan fingerprint density at radius 2 is 2.26 bits per heavy atom. The molecule has 0 aliphatic rings. The Morgan fingerprint density at radius 3 is 3.00 bits per heavy atom. The summed E-state index contributed by atoms with van der Waals surface area (Å²) in [5.41, 5.74) is 0.724. The number of aryl methyl sites for hydroxylation is 1. The number of ketones is 1. The first-order valence-corrected chi connectivity index (χ1v) is 7.23. The van der Waals surface area contributed by atoms with Crippen molar-refractivity contribution in [2.45, 2.75) is 37.3 Å². The second-order valence-electron chi connectivity index (χ2n) is 4.23. The number of carbonyl (C=O) groups excluding carboxylic acids is 1. The molecule has 100 valence electrons. The zero-order valence-electron chi connectivity index (χ0n) is 11.0. The fraction of sp³-hybridized carbons (Fsp3) is 0.357. The maximum absolute atomic E-state index is 11.3. The van der Waals surface area contributed by atoms with Crippen LogP contribution in [0.15, 0.2) is 33.7 Å². The number of nitrogens with zero attached hydrogens (tertiary/aromatic N) is 2. The van der Waals surface area contributed by atoms with E-state index < -0.39 is 0 Å². The van der Waals surface area contributed by atoms with Crippen molar-refractivity contribution in [1.82, 2.24) is 10.1 Å². The molecule has 2 aromatic rings. The van der Waals surface area contributed by atoms with Crippen LogP contribution in [0.1, 0.15) is 42.3 Å². The Labute approximate surface area is 116 Å². The number of Topliss-reactive ketones (excluding diaryl/α,β-unsaturated/α-hetero) is 1. The van der Waals surface area contributed by atoms with Crippen molar-refractivity contribution in [1.29, 1.82) is 0 Å². The van der Waals surface area contributed by atoms with E-state index in [0.29, 0.717) is 11.6 Å². The molecule has 5 heteroatoms. The molecule has 0 saturated heterocycles. The van der Waals surface area contributed by atoms with Gasteiger partial charge >= 0.3 is 0 Å². The number of hydrogen-bond donors (Lipinski definition) is 0. The summed E-state index contributed by atoms with van der Waals surface area (Å²) in [4.78, 5) is 16.6. The number of benzene rings is 1. The summed E-state index contributed by atoms with van der Waals surface area (Å²) in [5.74, 6) is 2.08. The molecule has 19 heavy (non-hydrogen) atoms. The van der Waals surface area contributed by atoms with Crippen LogP contribution in [0, 0.1) is 0 Å². The average Bonchev–Trinajstić information content (AvgIpc) is 2.85. The highest BCUT2D eigenvalue weighted by molar-refractivity contribution is 7.98. The van der Waals surface area contributed by atoms with Gasteiger partial charge < -0.3 is 4.52 Å². The first-order chi connectivity index (χ1) is 9.19. The van der Waals surface area contributed by atoms with E-state index in [2.05, 4.69) is 17.1 Å². The molecule has 0 bridgehead atoms. The van der Waals surface area contributed by atoms with Crippen LogP contribution < -0.4 is 0 Å². The van der Waals surface area contributed by atoms with Gasteiger partial charge in [-0.3, -0.25) is 4.79 Å². The molecule has 0 radical (unpaired) electrons. The lowest BCUT2D eigenvalue weighted by molar-refractivity contribution is 0.101. The van der Waals surface area contributed by atoms with E-state index in [9.17, 15) is 4.79 Å². The minimum Gasteiger partial charge on any atom is -0.338 e. The first kappa shape index (κ1) is 13.8. The van der Waals surface area contributed by atoms with Gasteiger partial charge in [0.2, 0.25) is 5.89 Å². The molecule has 0 unspecified atom stereocenters. The predicted molar refractivity (Wildman–Crippen MR) is 74.3 cm³/mol. The lowest BCUT2D eigenvalue weighted by atomic mass is 10.2. The van der Waals surface area contributed by atoms with Crippen molar-refractivity contribution in [2.75, 3.05) is 0 Å². The van der Waals surface area contributed by atoms with E-state index in [-0.39, 0.29) is 5.78 Å². The van der Waals surface area contributed by atoms with Crippen LogP contribution >= 0.6 is 11.8 Å². The minimum absolute atomic E-state index is 0.0745. The molecule has 0 N–H and O–H groups in total. The van der Waals surface area contributed by atoms with Gasteiger partial charge in [-0.25, -0.2) is 0 Å². The average molecular weight is 276 g/mol. The first-order valence-electron chi connectivity index (χ1n) is 6.24. The summed E-state index contributed by atoms with van der Waals surface area (Å²) in [5, 5.41) is 3.91. The number of hydrogen-bond acceptors (Lipinski definition) is 5. The minimum atomic E-state index is 0.0745. The van der Waals surface area contributed by atoms with Crippen LogP contribution in [-0.4, -0.2) is 15.9 Å². The van der Waals surface area contributed by atoms with Crippen LogP contribution in [0.5, 0.6) is 0 Å². The molecule has 0 atom stereocenters. The van der Waals surface area contributed by atoms with Gasteiger partial charge in [-0.1, -0.05) is 24.2 Å². The van der Waals surface area contributed by atoms with E-state index in [1.165, 1.54) is 0 Å². The van der Waals surface area contributed by atoms with Crippen LogP contribution in [-0.2, 0) is 12.2 Å². The summed E-state index contributed by atoms with van der Waals surface area (Å²) in [6.07, 6.45) is 1.85. The molecule has 1 heterocycles. The van der Waals surface area contributed by atoms with E-state index >= 15 is 0 Å². The van der Waals surface area contributed by atoms with Gasteiger partial charge in [-0.2, -0.15) is 4.98 Å². The second kappa shape index (κ2) is 6.52. The highest BCUT2D eigenvalue weighted by Gasteiger charge is 2.07. The van der Waals surface area contributed by atoms with Gasteiger partial charge in [0.15, 0.2) is 11.6 Å². The summed E-state index contributed by atoms with van der Waals surface area (Å²) in [6, 6.07) is 7.56. The molecule has 0 aliphatic heterocycles. The normalized spacial score (nSPS) is 10.6. The zero-order chi connectivity index (χ0) is 13.7. The summed E-state index contributed by atoms with van der Waals surface area (Å²) >= 11 is 1.59. The number of thioether (sulfide) groups is 1. The molecule has 0 fully saturated rings. The molecular formula is C14H16N2O2S. The van der Waals surface area contributed by atoms with E-state index in [0.717, 1.165) is 29.1 Å². The van der Waals surface area contributed by atoms with E-state index in [1.54, 1.807) is 18.7 Å². The Balaban J connectivity index is 1.97. The van der Waals surface area contributed by atoms with Crippen molar-refractivity contribution in [3.05, 3.63) is 41.5 Å². The number of aromatic nitrogens is 2. The molecule has 0 amide bonds. The molecule has 4 nitrogen and oxygen atoms in total. The summed E-state index contributed by atoms with van der Waals surface area (Å²) in [7, 11) is 0. The van der Waals surface area contributed by atoms with Crippen LogP contribution in [0.2, 0.25) is 0 Å². The van der Waals surface area contributed by atoms with Gasteiger partial charge in [-0.05, 0) is 25.5 Å². The topological polar surface area (TPSA) is 56.0 Å². The van der Waals surface area contributed by atoms with Crippen molar-refractivity contribution >= 4 is 17.5 Å². The SMILES string of the molecule is CCCc1noc(CSc2cccc(C(C)=O)c2)n1. The molecule has 0 aliphatic carbocycles. The van der Waals surface area contributed by atoms with Crippen molar-refractivity contribution < 1.29 is 9.32 Å². The van der Waals surface area contributed by atoms with Crippen LogP contribution in [0.4, 0.5) is 0 Å². The smallest absolute Gasteiger partial charge is 0.237 e. The highest BCUT2D eigenvalue weighted by Crippen LogP contribution is 2.23. The number of rotatable bonds is 6. The van der Waals surface area contributed by atoms with E-state index in [4.69, 9.17) is 4.52 Å². The fourth-order valence-electron chi connectivity index (χ4n) is 1.62. The van der Waals surface area contributed by atoms with Gasteiger partial charge in [-0.15, -0.1) is 11.8 Å². The highest BCUT2D eigenvalue weighted by atomic mass is 32.2. The molecule has 2 rings (SSSR count). The molecule has 1 aromatic heterocycles. The van der Waals surface area contributed by atoms with Crippen LogP contribution in [0.3, 0.4) is 0 Å². The fourth-order valence-corrected chi connectivity index (χ4v) is 2.42. The summed E-state index contributed by atoms with van der Waals surface area (Å²) in [6.45, 7) is 3.65. The molecule has 0 saturated carbocycles. The lowest BCUT2D eigenvalue weighted by Crippen LogP contribution is -1.91. The molecular weight excluding hydrogens is 260 g/mol. The zero-order valence-corrected chi connectivity index (χ0v) is 11.9. The quantitative estimate of drug-likeness (QED) is 0.597. The van der Waals surface area contributed by atoms with Crippen molar-refractivity contribution in [3.63, 3.8) is 0 Å². The Morgan fingerprint density at radius 1 is 1.42 bits per heavy atom. The van der Waals surface area contributed by atoms with Crippen molar-refractivity contribution in [2.24, 2.45) is 0 Å². The summed E-state index contributed by atoms with van der Waals surface area (Å²) < 4.78 is 5.17. The van der Waals surface area contributed by atoms with Gasteiger partial charge in [0.05, 0.1) is 5.75 Å². The standard InChI is InChI=1S/C14H16N2O2S/c1-3-5-13-15-14(18-16-13)9-19-12-7-4-6-11(8-12)10(2)17/h4,6-8H,3,5,9H2,1-2H3. The van der Waals surface area contributed by atoms with Crippen molar-refractivity contribution in [3.8, 4) is 0 Å². The third kappa shape index (κ3) is 3.92. The Hall–Kier alpha value is -1.62. The van der Waals surface area contributed by atoms with Gasteiger partial charge in [0, 0.05) is 16.9 Å². The maximum Gasteiger partial charge on any atom is 0.237 e. The third-order valence-electron chi connectivity index (χ3n) is 2.59. The maximum atomic E-state index is 11.3.